The fraction of sp³-hybridized carbons (Fsp3) is 0.435. The molecular formula is C23H28O5. The van der Waals surface area contributed by atoms with E-state index in [1.165, 1.54) is 5.57 Å². The van der Waals surface area contributed by atoms with Crippen LogP contribution < -0.4 is 4.74 Å². The zero-order valence-electron chi connectivity index (χ0n) is 16.2. The third-order valence-electron chi connectivity index (χ3n) is 4.78. The Hall–Kier alpha value is -2.62. The second-order valence-electron chi connectivity index (χ2n) is 7.03. The molecule has 0 bridgehead atoms. The number of Topliss-reactive ketones (excluding diaryl/α,β-unsaturated/α-hetero) is 1. The summed E-state index contributed by atoms with van der Waals surface area (Å²) in [5.74, 6) is -0.252. The summed E-state index contributed by atoms with van der Waals surface area (Å²) in [5, 5.41) is 17.7. The first-order valence-electron chi connectivity index (χ1n) is 9.72. The van der Waals surface area contributed by atoms with E-state index in [1.54, 1.807) is 6.08 Å². The van der Waals surface area contributed by atoms with Gasteiger partial charge in [-0.2, -0.15) is 0 Å². The summed E-state index contributed by atoms with van der Waals surface area (Å²) >= 11 is 0. The minimum absolute atomic E-state index is 0.0622. The van der Waals surface area contributed by atoms with Crippen LogP contribution in [0.4, 0.5) is 0 Å². The van der Waals surface area contributed by atoms with Gasteiger partial charge in [-0.05, 0) is 63.3 Å². The smallest absolute Gasteiger partial charge is 0.337 e. The van der Waals surface area contributed by atoms with E-state index in [2.05, 4.69) is 12.7 Å². The number of hydrogen-bond donors (Lipinski definition) is 2. The Morgan fingerprint density at radius 2 is 2.11 bits per heavy atom. The molecular weight excluding hydrogens is 356 g/mol. The fourth-order valence-electron chi connectivity index (χ4n) is 3.29. The number of hydrogen-bond acceptors (Lipinski definition) is 4. The zero-order valence-corrected chi connectivity index (χ0v) is 16.2. The molecule has 0 spiro atoms. The number of aliphatic hydroxyl groups is 1. The Labute approximate surface area is 166 Å². The molecule has 28 heavy (non-hydrogen) atoms. The summed E-state index contributed by atoms with van der Waals surface area (Å²) in [5.41, 5.74) is 3.87. The number of benzene rings is 1. The number of ether oxygens (including phenoxy) is 1. The summed E-state index contributed by atoms with van der Waals surface area (Å²) in [6.45, 7) is 2.06. The Kier molecular flexibility index (Phi) is 8.73. The number of carbonyl (C=O) groups excluding carboxylic acids is 1. The number of para-hydroxylation sites is 1. The minimum Gasteiger partial charge on any atom is -0.491 e. The fourth-order valence-corrected chi connectivity index (χ4v) is 3.29. The predicted molar refractivity (Wildman–Crippen MR) is 107 cm³/mol. The van der Waals surface area contributed by atoms with Crippen molar-refractivity contribution < 1.29 is 24.5 Å². The van der Waals surface area contributed by atoms with Crippen LogP contribution >= 0.6 is 0 Å². The first kappa shape index (κ1) is 21.7. The van der Waals surface area contributed by atoms with E-state index in [0.717, 1.165) is 31.1 Å². The number of carbonyl (C=O) groups is 2. The van der Waals surface area contributed by atoms with E-state index in [4.69, 9.17) is 14.9 Å². The molecule has 0 saturated heterocycles. The van der Waals surface area contributed by atoms with Gasteiger partial charge in [-0.25, -0.2) is 4.79 Å². The van der Waals surface area contributed by atoms with Gasteiger partial charge in [0, 0.05) is 12.3 Å². The van der Waals surface area contributed by atoms with Crippen LogP contribution in [-0.4, -0.2) is 34.2 Å². The van der Waals surface area contributed by atoms with E-state index < -0.39 is 12.1 Å². The van der Waals surface area contributed by atoms with E-state index >= 15 is 0 Å². The largest absolute Gasteiger partial charge is 0.491 e. The minimum atomic E-state index is -1.54. The molecule has 150 valence electrons. The molecule has 1 aliphatic carbocycles. The van der Waals surface area contributed by atoms with Gasteiger partial charge in [0.05, 0.1) is 6.10 Å². The van der Waals surface area contributed by atoms with Crippen molar-refractivity contribution in [2.24, 2.45) is 5.92 Å². The molecule has 2 N–H and O–H groups in total. The highest BCUT2D eigenvalue weighted by Gasteiger charge is 2.26. The molecule has 5 nitrogen and oxygen atoms in total. The quantitative estimate of drug-likeness (QED) is 0.444. The van der Waals surface area contributed by atoms with Crippen LogP contribution in [0.3, 0.4) is 0 Å². The molecule has 0 aromatic heterocycles. The lowest BCUT2D eigenvalue weighted by molar-refractivity contribution is -0.144. The Bertz CT molecular complexity index is 744. The summed E-state index contributed by atoms with van der Waals surface area (Å²) < 4.78 is 5.89. The highest BCUT2D eigenvalue weighted by atomic mass is 16.5. The van der Waals surface area contributed by atoms with Gasteiger partial charge in [-0.3, -0.25) is 4.79 Å². The standard InChI is InChI=1S/C23H28O5/c1-17(28-19-11-4-2-5-12-19)9-8-10-18-15-16-21(24)20(18)13-6-3-7-14-22(25)23(26)27/h2-5,11-12,14-15,17,20,22,25H,6,8-10,13,16H2,1H3,(H,26,27)/t7?,17?,20-,22?/m1/s1. The van der Waals surface area contributed by atoms with Gasteiger partial charge in [0.15, 0.2) is 6.10 Å². The summed E-state index contributed by atoms with van der Waals surface area (Å²) in [6.07, 6.45) is 7.95. The van der Waals surface area contributed by atoms with Crippen molar-refractivity contribution in [1.29, 1.82) is 0 Å². The maximum absolute atomic E-state index is 12.1. The lowest BCUT2D eigenvalue weighted by Crippen LogP contribution is -2.15. The number of carboxylic acids is 1. The van der Waals surface area contributed by atoms with E-state index in [-0.39, 0.29) is 17.8 Å². The first-order valence-corrected chi connectivity index (χ1v) is 9.72. The van der Waals surface area contributed by atoms with E-state index in [1.807, 2.05) is 36.4 Å². The summed E-state index contributed by atoms with van der Waals surface area (Å²) in [7, 11) is 0. The molecule has 0 saturated carbocycles. The molecule has 5 heteroatoms. The molecule has 1 aromatic carbocycles. The second kappa shape index (κ2) is 11.3. The zero-order chi connectivity index (χ0) is 20.4. The van der Waals surface area contributed by atoms with Crippen LogP contribution in [0.2, 0.25) is 0 Å². The number of ketones is 1. The Morgan fingerprint density at radius 1 is 1.36 bits per heavy atom. The highest BCUT2D eigenvalue weighted by molar-refractivity contribution is 5.88. The van der Waals surface area contributed by atoms with Gasteiger partial charge in [0.1, 0.15) is 11.5 Å². The third-order valence-corrected chi connectivity index (χ3v) is 4.78. The molecule has 2 unspecified atom stereocenters. The second-order valence-corrected chi connectivity index (χ2v) is 7.03. The van der Waals surface area contributed by atoms with Crippen LogP contribution in [-0.2, 0) is 9.59 Å². The van der Waals surface area contributed by atoms with Crippen molar-refractivity contribution in [3.8, 4) is 5.75 Å². The van der Waals surface area contributed by atoms with Gasteiger partial charge in [0.2, 0.25) is 0 Å². The maximum Gasteiger partial charge on any atom is 0.337 e. The number of aliphatic hydroxyl groups excluding tert-OH is 1. The van der Waals surface area contributed by atoms with Crippen LogP contribution in [0, 0.1) is 5.92 Å². The van der Waals surface area contributed by atoms with Crippen LogP contribution in [0.1, 0.15) is 45.4 Å². The number of allylic oxidation sites excluding steroid dienone is 2. The average Bonchev–Trinajstić information content (AvgIpc) is 3.02. The average molecular weight is 384 g/mol. The number of rotatable bonds is 11. The van der Waals surface area contributed by atoms with Crippen molar-refractivity contribution in [2.45, 2.75) is 57.7 Å². The molecule has 3 atom stereocenters. The topological polar surface area (TPSA) is 83.8 Å². The monoisotopic (exact) mass is 384 g/mol. The normalized spacial score (nSPS) is 18.0. The van der Waals surface area contributed by atoms with Gasteiger partial charge in [0.25, 0.3) is 0 Å². The third kappa shape index (κ3) is 7.18. The number of aliphatic carboxylic acids is 1. The molecule has 1 aromatic rings. The summed E-state index contributed by atoms with van der Waals surface area (Å²) in [6, 6.07) is 9.76. The molecule has 0 radical (unpaired) electrons. The Balaban J connectivity index is 1.74. The molecule has 0 amide bonds. The summed E-state index contributed by atoms with van der Waals surface area (Å²) in [4.78, 5) is 22.7. The van der Waals surface area contributed by atoms with Gasteiger partial charge < -0.3 is 14.9 Å². The number of carboxylic acid groups (broad SMARTS) is 1. The van der Waals surface area contributed by atoms with Gasteiger partial charge in [-0.15, -0.1) is 5.73 Å². The van der Waals surface area contributed by atoms with Crippen molar-refractivity contribution in [3.05, 3.63) is 59.9 Å². The highest BCUT2D eigenvalue weighted by Crippen LogP contribution is 2.31. The SMILES string of the molecule is CC(CCCC1=CCC(=O)[C@@H]1CCC=C=CC(O)C(=O)O)Oc1ccccc1. The lowest BCUT2D eigenvalue weighted by atomic mass is 9.91. The Morgan fingerprint density at radius 3 is 2.82 bits per heavy atom. The van der Waals surface area contributed by atoms with E-state index in [9.17, 15) is 9.59 Å². The van der Waals surface area contributed by atoms with Crippen molar-refractivity contribution in [2.75, 3.05) is 0 Å². The van der Waals surface area contributed by atoms with Gasteiger partial charge in [-0.1, -0.05) is 29.8 Å². The van der Waals surface area contributed by atoms with Crippen molar-refractivity contribution in [3.63, 3.8) is 0 Å². The van der Waals surface area contributed by atoms with Crippen LogP contribution in [0.15, 0.2) is 59.9 Å². The van der Waals surface area contributed by atoms with E-state index in [0.29, 0.717) is 19.3 Å². The van der Waals surface area contributed by atoms with Crippen molar-refractivity contribution in [1.82, 2.24) is 0 Å². The molecule has 1 aliphatic rings. The molecule has 0 fully saturated rings. The maximum atomic E-state index is 12.1. The molecule has 2 rings (SSSR count). The first-order chi connectivity index (χ1) is 13.5. The van der Waals surface area contributed by atoms with Crippen LogP contribution in [0.5, 0.6) is 5.75 Å². The lowest BCUT2D eigenvalue weighted by Gasteiger charge is -2.16. The molecule has 0 aliphatic heterocycles. The van der Waals surface area contributed by atoms with Crippen molar-refractivity contribution >= 4 is 11.8 Å². The predicted octanol–water partition coefficient (Wildman–Crippen LogP) is 4.08. The van der Waals surface area contributed by atoms with Crippen LogP contribution in [0.25, 0.3) is 0 Å². The van der Waals surface area contributed by atoms with Gasteiger partial charge >= 0.3 is 5.97 Å². The molecule has 0 heterocycles.